The summed E-state index contributed by atoms with van der Waals surface area (Å²) in [5.41, 5.74) is 10.3. The van der Waals surface area contributed by atoms with E-state index in [1.165, 1.54) is 5.56 Å². The van der Waals surface area contributed by atoms with Gasteiger partial charge in [0.25, 0.3) is 0 Å². The van der Waals surface area contributed by atoms with Gasteiger partial charge >= 0.3 is 0 Å². The first-order valence-corrected chi connectivity index (χ1v) is 23.4. The maximum absolute atomic E-state index is 14.2. The van der Waals surface area contributed by atoms with Crippen molar-refractivity contribution < 1.29 is 9.59 Å². The Kier molecular flexibility index (Phi) is 13.6. The zero-order chi connectivity index (χ0) is 42.5. The number of nitrogens with one attached hydrogen (secondary N) is 3. The third-order valence-electron chi connectivity index (χ3n) is 11.6. The van der Waals surface area contributed by atoms with E-state index in [1.807, 2.05) is 36.4 Å². The van der Waals surface area contributed by atoms with Crippen LogP contribution in [0.15, 0.2) is 83.0 Å². The van der Waals surface area contributed by atoms with Gasteiger partial charge in [-0.1, -0.05) is 115 Å². The second-order valence-electron chi connectivity index (χ2n) is 16.4. The summed E-state index contributed by atoms with van der Waals surface area (Å²) < 4.78 is 2.15. The number of carbonyl (C=O) groups is 2. The van der Waals surface area contributed by atoms with Gasteiger partial charge in [0.15, 0.2) is 0 Å². The Morgan fingerprint density at radius 3 is 1.90 bits per heavy atom. The number of aromatic amines is 1. The van der Waals surface area contributed by atoms with E-state index in [0.717, 1.165) is 127 Å². The lowest BCUT2D eigenvalue weighted by molar-refractivity contribution is -0.124. The molecule has 8 nitrogen and oxygen atoms in total. The lowest BCUT2D eigenvalue weighted by atomic mass is 9.92. The molecule has 6 aromatic rings. The molecule has 0 aliphatic carbocycles. The topological polar surface area (TPSA) is 112 Å². The number of H-pyrrole nitrogens is 1. The van der Waals surface area contributed by atoms with Crippen LogP contribution in [0.1, 0.15) is 115 Å². The van der Waals surface area contributed by atoms with Crippen LogP contribution in [0.4, 0.5) is 5.82 Å². The monoisotopic (exact) mass is 838 g/mol. The highest BCUT2D eigenvalue weighted by Crippen LogP contribution is 2.47. The van der Waals surface area contributed by atoms with Crippen LogP contribution in [0, 0.1) is 31.6 Å². The standard InChI is InChI=1S/C50H58N6O2S2/c1-9-13-19-32(11-3)47(57)55-45-43(49-53-35-21-15-17-23-39(35)59-49)41(29(5)6)37(51-45)28-38-42(34-26-25-30(7)27-31(34)8)44(50-54-36-22-16-18-24-40(36)60-50)46(52-38)56-48(58)33(12-4)20-14-10-2/h15-18,21-29,32-33,52H,9-14,19-20H2,1-8H3,(H,56,58)(H,51,55,57). The van der Waals surface area contributed by atoms with Gasteiger partial charge in [-0.05, 0) is 92.5 Å². The highest BCUT2D eigenvalue weighted by molar-refractivity contribution is 7.21. The number of thiazole rings is 2. The number of para-hydroxylation sites is 2. The van der Waals surface area contributed by atoms with Crippen LogP contribution in [0.3, 0.4) is 0 Å². The molecule has 2 atom stereocenters. The summed E-state index contributed by atoms with van der Waals surface area (Å²) in [5, 5.41) is 8.34. The smallest absolute Gasteiger partial charge is 0.228 e. The first-order valence-electron chi connectivity index (χ1n) is 21.8. The van der Waals surface area contributed by atoms with Crippen LogP contribution in [0.5, 0.6) is 0 Å². The van der Waals surface area contributed by atoms with Crippen molar-refractivity contribution in [3.63, 3.8) is 0 Å². The SMILES string of the molecule is CCCCC(CC)C(=O)NC1=NC(=Cc2[nH]c(NC(=O)C(CC)CCCC)c(-c3nc4ccccc4s3)c2-c2ccc(C)cc2C)C(C(C)C)=C1c1nc2ccccc2s1. The quantitative estimate of drug-likeness (QED) is 0.0901. The number of unbranched alkanes of at least 4 members (excludes halogenated alkanes) is 2. The number of hydrogen-bond acceptors (Lipinski definition) is 7. The molecule has 0 bridgehead atoms. The molecule has 0 saturated heterocycles. The molecule has 2 amide bonds. The normalized spacial score (nSPS) is 14.8. The number of aliphatic imine (C=N–C) groups is 1. The minimum atomic E-state index is -0.121. The van der Waals surface area contributed by atoms with Crippen LogP contribution >= 0.6 is 22.7 Å². The molecule has 60 heavy (non-hydrogen) atoms. The molecule has 1 aliphatic rings. The third-order valence-corrected chi connectivity index (χ3v) is 13.7. The fourth-order valence-electron chi connectivity index (χ4n) is 8.28. The molecule has 312 valence electrons. The first kappa shape index (κ1) is 42.9. The second kappa shape index (κ2) is 19.0. The van der Waals surface area contributed by atoms with Crippen molar-refractivity contribution in [2.45, 2.75) is 107 Å². The molecule has 0 radical (unpaired) electrons. The highest BCUT2D eigenvalue weighted by atomic mass is 32.1. The number of benzene rings is 3. The Morgan fingerprint density at radius 2 is 1.33 bits per heavy atom. The van der Waals surface area contributed by atoms with Crippen molar-refractivity contribution in [3.8, 4) is 21.7 Å². The Morgan fingerprint density at radius 1 is 0.750 bits per heavy atom. The van der Waals surface area contributed by atoms with Gasteiger partial charge in [-0.2, -0.15) is 0 Å². The van der Waals surface area contributed by atoms with Crippen molar-refractivity contribution in [3.05, 3.63) is 99.8 Å². The van der Waals surface area contributed by atoms with Gasteiger partial charge in [0.2, 0.25) is 11.8 Å². The van der Waals surface area contributed by atoms with Gasteiger partial charge < -0.3 is 15.6 Å². The maximum Gasteiger partial charge on any atom is 0.228 e. The Hall–Kier alpha value is -5.19. The van der Waals surface area contributed by atoms with E-state index in [-0.39, 0.29) is 29.6 Å². The molecule has 3 aromatic heterocycles. The number of carbonyl (C=O) groups excluding carboxylic acids is 2. The molecule has 7 rings (SSSR count). The van der Waals surface area contributed by atoms with Gasteiger partial charge in [-0.15, -0.1) is 22.7 Å². The van der Waals surface area contributed by atoms with E-state index in [2.05, 4.69) is 107 Å². The van der Waals surface area contributed by atoms with E-state index in [0.29, 0.717) is 11.7 Å². The number of amidine groups is 1. The van der Waals surface area contributed by atoms with E-state index in [9.17, 15) is 9.59 Å². The molecule has 0 fully saturated rings. The average Bonchev–Trinajstić information content (AvgIpc) is 4.01. The van der Waals surface area contributed by atoms with Crippen LogP contribution in [0.2, 0.25) is 0 Å². The van der Waals surface area contributed by atoms with E-state index in [1.54, 1.807) is 22.7 Å². The molecule has 0 saturated carbocycles. The fraction of sp³-hybridized carbons (Fsp3) is 0.380. The Labute approximate surface area is 362 Å². The lowest BCUT2D eigenvalue weighted by Gasteiger charge is -2.16. The van der Waals surface area contributed by atoms with Gasteiger partial charge in [0.1, 0.15) is 21.7 Å². The van der Waals surface area contributed by atoms with Crippen LogP contribution in [-0.2, 0) is 9.59 Å². The predicted octanol–water partition coefficient (Wildman–Crippen LogP) is 13.5. The molecule has 1 aliphatic heterocycles. The number of anilines is 1. The van der Waals surface area contributed by atoms with E-state index >= 15 is 0 Å². The number of amides is 2. The summed E-state index contributed by atoms with van der Waals surface area (Å²) in [6, 6.07) is 22.8. The minimum absolute atomic E-state index is 0.000679. The molecular weight excluding hydrogens is 781 g/mol. The number of rotatable bonds is 16. The summed E-state index contributed by atoms with van der Waals surface area (Å²) in [4.78, 5) is 47.6. The molecule has 3 N–H and O–H groups in total. The summed E-state index contributed by atoms with van der Waals surface area (Å²) in [6.07, 6.45) is 9.30. The van der Waals surface area contributed by atoms with Crippen molar-refractivity contribution in [1.29, 1.82) is 0 Å². The minimum Gasteiger partial charge on any atom is -0.341 e. The summed E-state index contributed by atoms with van der Waals surface area (Å²) >= 11 is 3.24. The predicted molar refractivity (Wildman–Crippen MR) is 254 cm³/mol. The summed E-state index contributed by atoms with van der Waals surface area (Å²) in [5.74, 6) is 0.930. The third kappa shape index (κ3) is 8.96. The zero-order valence-corrected chi connectivity index (χ0v) is 37.9. The van der Waals surface area contributed by atoms with Crippen LogP contribution < -0.4 is 10.6 Å². The van der Waals surface area contributed by atoms with Crippen molar-refractivity contribution in [1.82, 2.24) is 20.3 Å². The number of allylic oxidation sites excluding steroid dienone is 1. The van der Waals surface area contributed by atoms with Gasteiger partial charge in [0, 0.05) is 17.4 Å². The number of fused-ring (bicyclic) bond motifs is 2. The second-order valence-corrected chi connectivity index (χ2v) is 18.4. The van der Waals surface area contributed by atoms with Crippen molar-refractivity contribution in [2.24, 2.45) is 22.7 Å². The molecule has 4 heterocycles. The fourth-order valence-corrected chi connectivity index (χ4v) is 10.3. The first-order chi connectivity index (χ1) is 29.0. The number of aromatic nitrogens is 3. The molecule has 2 unspecified atom stereocenters. The number of aryl methyl sites for hydroxylation is 2. The number of nitrogens with zero attached hydrogens (tertiary/aromatic N) is 3. The molecule has 10 heteroatoms. The summed E-state index contributed by atoms with van der Waals surface area (Å²) in [7, 11) is 0. The molecule has 3 aromatic carbocycles. The number of hydrogen-bond donors (Lipinski definition) is 3. The maximum atomic E-state index is 14.2. The zero-order valence-electron chi connectivity index (χ0n) is 36.3. The van der Waals surface area contributed by atoms with Gasteiger partial charge in [0.05, 0.1) is 43.0 Å². The van der Waals surface area contributed by atoms with Gasteiger partial charge in [-0.25, -0.2) is 15.0 Å². The highest BCUT2D eigenvalue weighted by Gasteiger charge is 2.33. The van der Waals surface area contributed by atoms with Crippen molar-refractivity contribution in [2.75, 3.05) is 5.32 Å². The van der Waals surface area contributed by atoms with Crippen LogP contribution in [-0.4, -0.2) is 32.6 Å². The van der Waals surface area contributed by atoms with Gasteiger partial charge in [-0.3, -0.25) is 9.59 Å². The van der Waals surface area contributed by atoms with E-state index in [4.69, 9.17) is 15.0 Å². The Bertz CT molecular complexity index is 2550. The molecular formula is C50H58N6O2S2. The largest absolute Gasteiger partial charge is 0.341 e. The Balaban J connectivity index is 1.48. The lowest BCUT2D eigenvalue weighted by Crippen LogP contribution is -2.35. The average molecular weight is 839 g/mol. The summed E-state index contributed by atoms with van der Waals surface area (Å²) in [6.45, 7) is 17.1. The van der Waals surface area contributed by atoms with Crippen molar-refractivity contribution >= 4 is 78.2 Å². The van der Waals surface area contributed by atoms with E-state index < -0.39 is 0 Å². The molecule has 0 spiro atoms. The van der Waals surface area contributed by atoms with Crippen LogP contribution in [0.25, 0.3) is 53.8 Å².